The van der Waals surface area contributed by atoms with Crippen LogP contribution in [0, 0.1) is 17.8 Å². The van der Waals surface area contributed by atoms with Gasteiger partial charge in [-0.15, -0.1) is 0 Å². The molecule has 2 nitrogen and oxygen atoms in total. The summed E-state index contributed by atoms with van der Waals surface area (Å²) in [5.41, 5.74) is 0. The molecule has 0 unspecified atom stereocenters. The third-order valence-corrected chi connectivity index (χ3v) is 3.36. The summed E-state index contributed by atoms with van der Waals surface area (Å²) in [4.78, 5) is 0. The highest BCUT2D eigenvalue weighted by atomic mass is 16.5. The van der Waals surface area contributed by atoms with E-state index in [-0.39, 0.29) is 0 Å². The molecule has 1 heterocycles. The minimum Gasteiger partial charge on any atom is -0.396 e. The largest absolute Gasteiger partial charge is 0.396 e. The van der Waals surface area contributed by atoms with Crippen molar-refractivity contribution in [3.05, 3.63) is 0 Å². The zero-order valence-electron chi connectivity index (χ0n) is 6.99. The van der Waals surface area contributed by atoms with Gasteiger partial charge in [-0.05, 0) is 30.6 Å². The topological polar surface area (TPSA) is 29.5 Å². The van der Waals surface area contributed by atoms with Crippen molar-refractivity contribution in [3.63, 3.8) is 0 Å². The van der Waals surface area contributed by atoms with Crippen LogP contribution in [0.25, 0.3) is 0 Å². The maximum absolute atomic E-state index is 9.13. The monoisotopic (exact) mass is 156 g/mol. The molecular formula is C9H16O2. The summed E-state index contributed by atoms with van der Waals surface area (Å²) in [6.45, 7) is 3.49. The van der Waals surface area contributed by atoms with Gasteiger partial charge in [-0.2, -0.15) is 0 Å². The van der Waals surface area contributed by atoms with Crippen LogP contribution in [0.5, 0.6) is 0 Å². The number of fused-ring (bicyclic) bond motifs is 1. The summed E-state index contributed by atoms with van der Waals surface area (Å²) < 4.78 is 5.57. The molecular weight excluding hydrogens is 140 g/mol. The van der Waals surface area contributed by atoms with Crippen LogP contribution in [0.15, 0.2) is 0 Å². The van der Waals surface area contributed by atoms with Gasteiger partial charge < -0.3 is 9.84 Å². The van der Waals surface area contributed by atoms with Gasteiger partial charge in [0.1, 0.15) is 0 Å². The molecule has 0 aromatic carbocycles. The first-order chi connectivity index (χ1) is 5.33. The lowest BCUT2D eigenvalue weighted by atomic mass is 9.90. The summed E-state index contributed by atoms with van der Waals surface area (Å²) in [5.74, 6) is 1.84. The Morgan fingerprint density at radius 2 is 2.36 bits per heavy atom. The van der Waals surface area contributed by atoms with Gasteiger partial charge >= 0.3 is 0 Å². The van der Waals surface area contributed by atoms with Crippen LogP contribution in [-0.2, 0) is 4.74 Å². The van der Waals surface area contributed by atoms with Crippen molar-refractivity contribution in [3.8, 4) is 0 Å². The molecule has 0 aromatic heterocycles. The smallest absolute Gasteiger partial charge is 0.0610 e. The van der Waals surface area contributed by atoms with Crippen molar-refractivity contribution in [1.82, 2.24) is 0 Å². The molecule has 0 bridgehead atoms. The SMILES string of the molecule is C[C@@H]1C[C@@H]2OCC[C@@H]2[C@H]1CO. The molecule has 0 spiro atoms. The lowest BCUT2D eigenvalue weighted by Gasteiger charge is -2.16. The lowest BCUT2D eigenvalue weighted by molar-refractivity contribution is 0.0953. The van der Waals surface area contributed by atoms with Crippen LogP contribution in [-0.4, -0.2) is 24.4 Å². The van der Waals surface area contributed by atoms with Crippen LogP contribution in [0.2, 0.25) is 0 Å². The summed E-state index contributed by atoms with van der Waals surface area (Å²) in [7, 11) is 0. The summed E-state index contributed by atoms with van der Waals surface area (Å²) in [6.07, 6.45) is 2.80. The molecule has 4 atom stereocenters. The first kappa shape index (κ1) is 7.56. The number of aliphatic hydroxyl groups is 1. The van der Waals surface area contributed by atoms with Crippen LogP contribution in [0.3, 0.4) is 0 Å². The highest BCUT2D eigenvalue weighted by molar-refractivity contribution is 4.92. The molecule has 0 aromatic rings. The van der Waals surface area contributed by atoms with E-state index in [0.29, 0.717) is 30.5 Å². The van der Waals surface area contributed by atoms with Gasteiger partial charge in [-0.3, -0.25) is 0 Å². The fraction of sp³-hybridized carbons (Fsp3) is 1.00. The zero-order chi connectivity index (χ0) is 7.84. The molecule has 1 aliphatic carbocycles. The number of hydrogen-bond acceptors (Lipinski definition) is 2. The Bertz CT molecular complexity index is 146. The van der Waals surface area contributed by atoms with Crippen molar-refractivity contribution in [2.45, 2.75) is 25.9 Å². The van der Waals surface area contributed by atoms with Crippen LogP contribution >= 0.6 is 0 Å². The quantitative estimate of drug-likeness (QED) is 0.614. The summed E-state index contributed by atoms with van der Waals surface area (Å²) >= 11 is 0. The fourth-order valence-corrected chi connectivity index (χ4v) is 2.68. The second kappa shape index (κ2) is 2.76. The predicted molar refractivity (Wildman–Crippen MR) is 42.2 cm³/mol. The molecule has 11 heavy (non-hydrogen) atoms. The lowest BCUT2D eigenvalue weighted by Crippen LogP contribution is -2.18. The first-order valence-electron chi connectivity index (χ1n) is 4.55. The van der Waals surface area contributed by atoms with Crippen molar-refractivity contribution in [2.24, 2.45) is 17.8 Å². The van der Waals surface area contributed by atoms with Gasteiger partial charge in [0, 0.05) is 13.2 Å². The van der Waals surface area contributed by atoms with Crippen molar-refractivity contribution in [1.29, 1.82) is 0 Å². The zero-order valence-corrected chi connectivity index (χ0v) is 6.99. The van der Waals surface area contributed by atoms with E-state index in [1.165, 1.54) is 6.42 Å². The van der Waals surface area contributed by atoms with Gasteiger partial charge in [0.15, 0.2) is 0 Å². The number of ether oxygens (including phenoxy) is 1. The molecule has 0 radical (unpaired) electrons. The average Bonchev–Trinajstić information content (AvgIpc) is 2.46. The molecule has 2 heteroatoms. The minimum absolute atomic E-state index is 0.353. The first-order valence-corrected chi connectivity index (χ1v) is 4.55. The fourth-order valence-electron chi connectivity index (χ4n) is 2.68. The van der Waals surface area contributed by atoms with Crippen LogP contribution in [0.4, 0.5) is 0 Å². The van der Waals surface area contributed by atoms with E-state index < -0.39 is 0 Å². The molecule has 64 valence electrons. The number of aliphatic hydroxyl groups excluding tert-OH is 1. The van der Waals surface area contributed by atoms with E-state index in [1.807, 2.05) is 0 Å². The van der Waals surface area contributed by atoms with Gasteiger partial charge in [-0.25, -0.2) is 0 Å². The third kappa shape index (κ3) is 1.09. The normalized spacial score (nSPS) is 49.6. The van der Waals surface area contributed by atoms with Gasteiger partial charge in [0.25, 0.3) is 0 Å². The Kier molecular flexibility index (Phi) is 1.90. The maximum atomic E-state index is 9.13. The van der Waals surface area contributed by atoms with Gasteiger partial charge in [0.05, 0.1) is 6.10 Å². The summed E-state index contributed by atoms with van der Waals surface area (Å²) in [5, 5.41) is 9.13. The van der Waals surface area contributed by atoms with Crippen LogP contribution in [0.1, 0.15) is 19.8 Å². The second-order valence-electron chi connectivity index (χ2n) is 3.92. The predicted octanol–water partition coefficient (Wildman–Crippen LogP) is 1.04. The molecule has 2 rings (SSSR count). The number of rotatable bonds is 1. The van der Waals surface area contributed by atoms with E-state index >= 15 is 0 Å². The van der Waals surface area contributed by atoms with E-state index in [4.69, 9.17) is 9.84 Å². The molecule has 0 amide bonds. The molecule has 2 aliphatic rings. The highest BCUT2D eigenvalue weighted by Crippen LogP contribution is 2.43. The Hall–Kier alpha value is -0.0800. The Labute approximate surface area is 67.6 Å². The van der Waals surface area contributed by atoms with E-state index in [9.17, 15) is 0 Å². The average molecular weight is 156 g/mol. The van der Waals surface area contributed by atoms with E-state index in [2.05, 4.69) is 6.92 Å². The van der Waals surface area contributed by atoms with E-state index in [0.717, 1.165) is 13.0 Å². The van der Waals surface area contributed by atoms with E-state index in [1.54, 1.807) is 0 Å². The molecule has 1 saturated carbocycles. The number of hydrogen-bond donors (Lipinski definition) is 1. The standard InChI is InChI=1S/C9H16O2/c1-6-4-9-7(2-3-11-9)8(6)5-10/h6-10H,2-5H2,1H3/t6-,7-,8+,9+/m1/s1. The molecule has 2 fully saturated rings. The Morgan fingerprint density at radius 3 is 3.09 bits per heavy atom. The summed E-state index contributed by atoms with van der Waals surface area (Å²) in [6, 6.07) is 0. The van der Waals surface area contributed by atoms with Gasteiger partial charge in [-0.1, -0.05) is 6.92 Å². The molecule has 1 N–H and O–H groups in total. The van der Waals surface area contributed by atoms with Crippen LogP contribution < -0.4 is 0 Å². The maximum Gasteiger partial charge on any atom is 0.0610 e. The van der Waals surface area contributed by atoms with Crippen molar-refractivity contribution >= 4 is 0 Å². The second-order valence-corrected chi connectivity index (χ2v) is 3.92. The molecule has 1 aliphatic heterocycles. The third-order valence-electron chi connectivity index (χ3n) is 3.36. The Balaban J connectivity index is 2.07. The Morgan fingerprint density at radius 1 is 1.55 bits per heavy atom. The van der Waals surface area contributed by atoms with Crippen molar-refractivity contribution in [2.75, 3.05) is 13.2 Å². The molecule has 1 saturated heterocycles. The minimum atomic E-state index is 0.353. The van der Waals surface area contributed by atoms with Crippen molar-refractivity contribution < 1.29 is 9.84 Å². The highest BCUT2D eigenvalue weighted by Gasteiger charge is 2.43. The van der Waals surface area contributed by atoms with Gasteiger partial charge in [0.2, 0.25) is 0 Å².